The number of rotatable bonds is 4. The molecule has 11 nitrogen and oxygen atoms in total. The molecule has 1 aromatic rings. The van der Waals surface area contributed by atoms with Gasteiger partial charge in [-0.2, -0.15) is 0 Å². The molecule has 12 heteroatoms. The first-order valence-electron chi connectivity index (χ1n) is 4.76. The van der Waals surface area contributed by atoms with E-state index in [0.29, 0.717) is 6.21 Å². The fraction of sp³-hybridized carbons (Fsp3) is 0. The maximum Gasteiger partial charge on any atom is 0.366 e. The smallest absolute Gasteiger partial charge is 0.366 e. The van der Waals surface area contributed by atoms with Gasteiger partial charge in [-0.05, 0) is 22.0 Å². The second-order valence-corrected chi connectivity index (χ2v) is 4.14. The van der Waals surface area contributed by atoms with Gasteiger partial charge in [-0.25, -0.2) is 0 Å². The third-order valence-corrected chi connectivity index (χ3v) is 2.68. The molecule has 1 rings (SSSR count). The van der Waals surface area contributed by atoms with Gasteiger partial charge in [-0.3, -0.25) is 31.7 Å². The van der Waals surface area contributed by atoms with Crippen LogP contribution in [0.5, 0.6) is 0 Å². The van der Waals surface area contributed by atoms with Crippen LogP contribution in [0.25, 0.3) is 0 Å². The number of hydrazone groups is 1. The van der Waals surface area contributed by atoms with Crippen molar-refractivity contribution in [3.05, 3.63) is 47.6 Å². The maximum absolute atomic E-state index is 11.0. The molecule has 0 amide bonds. The first kappa shape index (κ1) is 15.3. The molecular weight excluding hydrogens is 340 g/mol. The highest BCUT2D eigenvalue weighted by atomic mass is 79.9. The Balaban J connectivity index is 3.56. The third-order valence-electron chi connectivity index (χ3n) is 2.04. The van der Waals surface area contributed by atoms with Crippen molar-refractivity contribution in [2.45, 2.75) is 0 Å². The number of nitrogens with two attached hydrogens (primary N) is 2. The first-order valence-corrected chi connectivity index (χ1v) is 5.55. The van der Waals surface area contributed by atoms with Crippen LogP contribution in [0.2, 0.25) is 0 Å². The molecule has 0 aliphatic heterocycles. The van der Waals surface area contributed by atoms with Gasteiger partial charge in [0.25, 0.3) is 11.4 Å². The molecule has 0 heterocycles. The van der Waals surface area contributed by atoms with Gasteiger partial charge in [0.05, 0.1) is 20.5 Å². The lowest BCUT2D eigenvalue weighted by Gasteiger charge is -2.04. The zero-order valence-corrected chi connectivity index (χ0v) is 11.2. The molecule has 106 valence electrons. The maximum atomic E-state index is 11.0. The topological polar surface area (TPSA) is 177 Å². The Morgan fingerprint density at radius 1 is 1.20 bits per heavy atom. The Kier molecular flexibility index (Phi) is 4.53. The minimum atomic E-state index is -0.844. The van der Waals surface area contributed by atoms with Crippen molar-refractivity contribution in [2.24, 2.45) is 16.6 Å². The number of hydrogen-bond acceptors (Lipinski definition) is 6. The van der Waals surface area contributed by atoms with Crippen molar-refractivity contribution in [1.29, 1.82) is 0 Å². The van der Waals surface area contributed by atoms with E-state index in [1.807, 2.05) is 0 Å². The molecular formula is C8H7BrN6O5. The molecule has 4 N–H and O–H groups in total. The summed E-state index contributed by atoms with van der Waals surface area (Å²) in [6.07, 6.45) is 0.647. The molecule has 0 saturated heterocycles. The van der Waals surface area contributed by atoms with Crippen LogP contribution in [0.1, 0.15) is 5.56 Å². The summed E-state index contributed by atoms with van der Waals surface area (Å²) in [6, 6.07) is 2.18. The quantitative estimate of drug-likeness (QED) is 0.197. The van der Waals surface area contributed by atoms with Gasteiger partial charge in [-0.15, -0.1) is 9.95 Å². The summed E-state index contributed by atoms with van der Waals surface area (Å²) >= 11 is 2.89. The number of benzene rings is 1. The van der Waals surface area contributed by atoms with E-state index in [2.05, 4.69) is 21.0 Å². The highest BCUT2D eigenvalue weighted by Gasteiger charge is 2.27. The van der Waals surface area contributed by atoms with Crippen molar-refractivity contribution >= 4 is 39.5 Å². The van der Waals surface area contributed by atoms with Crippen LogP contribution in [-0.2, 0) is 0 Å². The summed E-state index contributed by atoms with van der Waals surface area (Å²) in [7, 11) is 0. The van der Waals surface area contributed by atoms with Crippen molar-refractivity contribution in [2.75, 3.05) is 0 Å². The standard InChI is InChI=1S/C8H7BrN6O5/c9-5-1-2-6(14(17)18)4(7(5)15(19)20)3-12-13(16)8(10)11/h1-3H,10-11H2. The second kappa shape index (κ2) is 5.92. The molecule has 20 heavy (non-hydrogen) atoms. The van der Waals surface area contributed by atoms with Crippen molar-refractivity contribution in [3.8, 4) is 0 Å². The average molecular weight is 347 g/mol. The summed E-state index contributed by atoms with van der Waals surface area (Å²) in [6.45, 7) is 0. The zero-order chi connectivity index (χ0) is 15.4. The normalized spacial score (nSPS) is 10.4. The Morgan fingerprint density at radius 3 is 2.25 bits per heavy atom. The van der Waals surface area contributed by atoms with Crippen LogP contribution in [-0.4, -0.2) is 26.9 Å². The predicted molar refractivity (Wildman–Crippen MR) is 72.1 cm³/mol. The Labute approximate surface area is 119 Å². The summed E-state index contributed by atoms with van der Waals surface area (Å²) in [5.41, 5.74) is 8.23. The number of nitro benzene ring substituents is 2. The van der Waals surface area contributed by atoms with E-state index < -0.39 is 32.7 Å². The van der Waals surface area contributed by atoms with Crippen LogP contribution in [0.4, 0.5) is 11.4 Å². The molecule has 0 unspecified atom stereocenters. The Hall–Kier alpha value is -2.76. The fourth-order valence-corrected chi connectivity index (χ4v) is 1.71. The number of nitrogens with zero attached hydrogens (tertiary/aromatic N) is 4. The van der Waals surface area contributed by atoms with Crippen LogP contribution >= 0.6 is 15.9 Å². The largest absolute Gasteiger partial charge is 0.722 e. The number of nitro groups is 2. The average Bonchev–Trinajstić information content (AvgIpc) is 2.34. The predicted octanol–water partition coefficient (Wildman–Crippen LogP) is 0.383. The third kappa shape index (κ3) is 3.17. The molecule has 1 aromatic carbocycles. The van der Waals surface area contributed by atoms with Crippen molar-refractivity contribution < 1.29 is 14.7 Å². The molecule has 0 saturated carbocycles. The van der Waals surface area contributed by atoms with Gasteiger partial charge >= 0.3 is 5.96 Å². The second-order valence-electron chi connectivity index (χ2n) is 3.29. The summed E-state index contributed by atoms with van der Waals surface area (Å²) in [5, 5.41) is 36.0. The molecule has 0 atom stereocenters. The zero-order valence-electron chi connectivity index (χ0n) is 9.59. The summed E-state index contributed by atoms with van der Waals surface area (Å²) in [5.74, 6) is -0.721. The minimum absolute atomic E-state index is 0.00306. The summed E-state index contributed by atoms with van der Waals surface area (Å²) < 4.78 is -0.00306. The van der Waals surface area contributed by atoms with E-state index in [9.17, 15) is 25.4 Å². The first-order chi connectivity index (χ1) is 9.25. The lowest BCUT2D eigenvalue weighted by molar-refractivity contribution is -0.464. The minimum Gasteiger partial charge on any atom is -0.722 e. The Morgan fingerprint density at radius 2 is 1.80 bits per heavy atom. The molecule has 0 aliphatic carbocycles. The van der Waals surface area contributed by atoms with Crippen molar-refractivity contribution in [1.82, 2.24) is 0 Å². The monoisotopic (exact) mass is 346 g/mol. The van der Waals surface area contributed by atoms with Crippen LogP contribution < -0.4 is 11.5 Å². The lowest BCUT2D eigenvalue weighted by atomic mass is 10.1. The van der Waals surface area contributed by atoms with Crippen LogP contribution in [0.15, 0.2) is 21.7 Å². The van der Waals surface area contributed by atoms with E-state index in [1.165, 1.54) is 0 Å². The number of hydrogen-bond donors (Lipinski definition) is 2. The molecule has 0 bridgehead atoms. The van der Waals surface area contributed by atoms with E-state index in [4.69, 9.17) is 11.5 Å². The SMILES string of the molecule is NC(N)=[N+]([O-])N=Cc1c([N+](=O)[O-])ccc(Br)c1[N+](=O)[O-]. The van der Waals surface area contributed by atoms with Crippen LogP contribution in [0, 0.1) is 25.4 Å². The van der Waals surface area contributed by atoms with Gasteiger partial charge < -0.3 is 5.21 Å². The Bertz CT molecular complexity index is 638. The van der Waals surface area contributed by atoms with E-state index in [0.717, 1.165) is 12.1 Å². The van der Waals surface area contributed by atoms with Gasteiger partial charge in [0.2, 0.25) is 0 Å². The van der Waals surface area contributed by atoms with Crippen molar-refractivity contribution in [3.63, 3.8) is 0 Å². The molecule has 0 aliphatic rings. The molecule has 0 aromatic heterocycles. The van der Waals surface area contributed by atoms with Gasteiger partial charge in [0, 0.05) is 6.07 Å². The highest BCUT2D eigenvalue weighted by molar-refractivity contribution is 9.10. The highest BCUT2D eigenvalue weighted by Crippen LogP contribution is 2.33. The van der Waals surface area contributed by atoms with E-state index in [-0.39, 0.29) is 9.32 Å². The van der Waals surface area contributed by atoms with E-state index >= 15 is 0 Å². The molecule has 0 fully saturated rings. The van der Waals surface area contributed by atoms with E-state index in [1.54, 1.807) is 0 Å². The van der Waals surface area contributed by atoms with Gasteiger partial charge in [0.1, 0.15) is 0 Å². The number of halogens is 1. The summed E-state index contributed by atoms with van der Waals surface area (Å²) in [4.78, 5) is 19.9. The van der Waals surface area contributed by atoms with Crippen LogP contribution in [0.3, 0.4) is 0 Å². The van der Waals surface area contributed by atoms with Gasteiger partial charge in [-0.1, -0.05) is 0 Å². The van der Waals surface area contributed by atoms with Gasteiger partial charge in [0.15, 0.2) is 5.56 Å². The lowest BCUT2D eigenvalue weighted by Crippen LogP contribution is -2.30. The molecule has 0 spiro atoms. The molecule has 0 radical (unpaired) electrons. The fourth-order valence-electron chi connectivity index (χ4n) is 1.22. The number of guanidine groups is 1.